The minimum atomic E-state index is -0.653. The van der Waals surface area contributed by atoms with Crippen LogP contribution in [0.5, 0.6) is 0 Å². The number of rotatable bonds is 16. The lowest BCUT2D eigenvalue weighted by Crippen LogP contribution is -1.93. The molecule has 0 rings (SSSR count). The van der Waals surface area contributed by atoms with Crippen LogP contribution in [-0.2, 0) is 4.79 Å². The Morgan fingerprint density at radius 3 is 1.18 bits per heavy atom. The smallest absolute Gasteiger partial charge is 0.303 e. The molecule has 3 N–H and O–H groups in total. The topological polar surface area (TPSA) is 68.8 Å². The van der Waals surface area contributed by atoms with Crippen molar-refractivity contribution in [2.24, 2.45) is 0 Å². The molecule has 22 heavy (non-hydrogen) atoms. The molecule has 0 aliphatic heterocycles. The van der Waals surface area contributed by atoms with E-state index < -0.39 is 5.97 Å². The first-order valence-corrected chi connectivity index (χ1v) is 8.99. The second-order valence-electron chi connectivity index (χ2n) is 6.09. The summed E-state index contributed by atoms with van der Waals surface area (Å²) >= 11 is 0. The first-order valence-electron chi connectivity index (χ1n) is 8.99. The molecule has 131 valence electrons. The molecule has 0 spiro atoms. The number of unbranched alkanes of at least 4 members (excludes halogenated alkanes) is 14. The molecule has 4 heteroatoms. The Morgan fingerprint density at radius 2 is 0.909 bits per heavy atom. The summed E-state index contributed by atoms with van der Waals surface area (Å²) in [6, 6.07) is 0. The average molecular weight is 329 g/mol. The fourth-order valence-corrected chi connectivity index (χ4v) is 2.65. The van der Waals surface area contributed by atoms with Gasteiger partial charge in [-0.3, -0.25) is 4.79 Å². The van der Waals surface area contributed by atoms with Crippen LogP contribution in [0.4, 0.5) is 0 Å². The third-order valence-electron chi connectivity index (χ3n) is 3.99. The highest BCUT2D eigenvalue weighted by atomic mass is 27.0. The van der Waals surface area contributed by atoms with E-state index in [-0.39, 0.29) is 22.8 Å². The van der Waals surface area contributed by atoms with Crippen molar-refractivity contribution in [1.82, 2.24) is 0 Å². The molecule has 0 aliphatic rings. The molecule has 3 nitrogen and oxygen atoms in total. The minimum Gasteiger partial charge on any atom is -0.481 e. The normalized spacial score (nSPS) is 9.86. The van der Waals surface area contributed by atoms with E-state index in [1.54, 1.807) is 0 Å². The first-order chi connectivity index (χ1) is 9.77. The van der Waals surface area contributed by atoms with Gasteiger partial charge in [0.2, 0.25) is 0 Å². The van der Waals surface area contributed by atoms with Crippen LogP contribution in [0.25, 0.3) is 0 Å². The molecule has 0 aromatic rings. The van der Waals surface area contributed by atoms with Crippen LogP contribution < -0.4 is 0 Å². The van der Waals surface area contributed by atoms with Crippen molar-refractivity contribution in [2.45, 2.75) is 110 Å². The number of hydrogen-bond donors (Lipinski definition) is 1. The Balaban J connectivity index is -0.00000180. The van der Waals surface area contributed by atoms with Crippen molar-refractivity contribution >= 4 is 23.3 Å². The fourth-order valence-electron chi connectivity index (χ4n) is 2.65. The van der Waals surface area contributed by atoms with E-state index in [1.807, 2.05) is 0 Å². The van der Waals surface area contributed by atoms with E-state index in [4.69, 9.17) is 5.11 Å². The minimum absolute atomic E-state index is 0. The predicted molar refractivity (Wildman–Crippen MR) is 96.5 cm³/mol. The van der Waals surface area contributed by atoms with Crippen LogP contribution in [0.15, 0.2) is 0 Å². The molecule has 0 unspecified atom stereocenters. The van der Waals surface area contributed by atoms with Crippen molar-refractivity contribution in [3.8, 4) is 0 Å². The second-order valence-corrected chi connectivity index (χ2v) is 6.09. The van der Waals surface area contributed by atoms with E-state index in [9.17, 15) is 4.79 Å². The molecule has 0 aliphatic carbocycles. The quantitative estimate of drug-likeness (QED) is 0.315. The highest BCUT2D eigenvalue weighted by molar-refractivity contribution is 5.75. The Kier molecular flexibility index (Phi) is 28.3. The zero-order valence-corrected chi connectivity index (χ0v) is 15.9. The lowest BCUT2D eigenvalue weighted by molar-refractivity contribution is -0.137. The largest absolute Gasteiger partial charge is 0.481 e. The summed E-state index contributed by atoms with van der Waals surface area (Å²) < 4.78 is 0. The number of hydrogen-bond acceptors (Lipinski definition) is 1. The number of aliphatic carboxylic acids is 1. The lowest BCUT2D eigenvalue weighted by atomic mass is 10.0. The molecule has 0 atom stereocenters. The highest BCUT2D eigenvalue weighted by Gasteiger charge is 1.97. The van der Waals surface area contributed by atoms with E-state index in [1.165, 1.54) is 83.5 Å². The zero-order valence-electron chi connectivity index (χ0n) is 14.7. The highest BCUT2D eigenvalue weighted by Crippen LogP contribution is 2.13. The maximum absolute atomic E-state index is 10.3. The van der Waals surface area contributed by atoms with Gasteiger partial charge >= 0.3 is 5.97 Å². The summed E-state index contributed by atoms with van der Waals surface area (Å²) in [7, 11) is 0. The Labute approximate surface area is 148 Å². The molecular formula is C18H38AlO3. The molecule has 0 saturated carbocycles. The third kappa shape index (κ3) is 24.9. The summed E-state index contributed by atoms with van der Waals surface area (Å²) in [5, 5.41) is 8.52. The van der Waals surface area contributed by atoms with Crippen molar-refractivity contribution in [2.75, 3.05) is 0 Å². The van der Waals surface area contributed by atoms with Gasteiger partial charge in [-0.2, -0.15) is 0 Å². The van der Waals surface area contributed by atoms with E-state index in [0.29, 0.717) is 6.42 Å². The zero-order chi connectivity index (χ0) is 14.9. The van der Waals surface area contributed by atoms with Gasteiger partial charge in [0.25, 0.3) is 0 Å². The molecule has 0 fully saturated rings. The van der Waals surface area contributed by atoms with Gasteiger partial charge in [-0.25, -0.2) is 0 Å². The van der Waals surface area contributed by atoms with Gasteiger partial charge in [0, 0.05) is 23.8 Å². The van der Waals surface area contributed by atoms with Crippen LogP contribution >= 0.6 is 0 Å². The van der Waals surface area contributed by atoms with Gasteiger partial charge in [0.15, 0.2) is 0 Å². The summed E-state index contributed by atoms with van der Waals surface area (Å²) in [6.07, 6.45) is 20.2. The Hall–Kier alpha value is -0.0375. The number of carboxylic acid groups (broad SMARTS) is 1. The van der Waals surface area contributed by atoms with E-state index in [0.717, 1.165) is 12.8 Å². The maximum Gasteiger partial charge on any atom is 0.303 e. The molecular weight excluding hydrogens is 291 g/mol. The first kappa shape index (κ1) is 26.8. The molecule has 0 saturated heterocycles. The summed E-state index contributed by atoms with van der Waals surface area (Å²) in [5.74, 6) is -0.653. The SMILES string of the molecule is CCCCCCCCCCCCCCCCCC(=O)O.O.[Al]. The predicted octanol–water partition coefficient (Wildman–Crippen LogP) is 5.13. The number of carboxylic acids is 1. The lowest BCUT2D eigenvalue weighted by Gasteiger charge is -2.03. The van der Waals surface area contributed by atoms with Crippen LogP contribution in [0.1, 0.15) is 110 Å². The monoisotopic (exact) mass is 329 g/mol. The van der Waals surface area contributed by atoms with Crippen LogP contribution in [0.2, 0.25) is 0 Å². The molecule has 0 bridgehead atoms. The summed E-state index contributed by atoms with van der Waals surface area (Å²) in [6.45, 7) is 2.27. The van der Waals surface area contributed by atoms with E-state index >= 15 is 0 Å². The maximum atomic E-state index is 10.3. The van der Waals surface area contributed by atoms with Gasteiger partial charge in [-0.05, 0) is 6.42 Å². The molecule has 0 heterocycles. The van der Waals surface area contributed by atoms with Gasteiger partial charge < -0.3 is 10.6 Å². The third-order valence-corrected chi connectivity index (χ3v) is 3.99. The van der Waals surface area contributed by atoms with Crippen LogP contribution in [-0.4, -0.2) is 33.9 Å². The Morgan fingerprint density at radius 1 is 0.636 bits per heavy atom. The van der Waals surface area contributed by atoms with Crippen molar-refractivity contribution in [3.05, 3.63) is 0 Å². The number of carbonyl (C=O) groups is 1. The van der Waals surface area contributed by atoms with Gasteiger partial charge in [0.1, 0.15) is 0 Å². The summed E-state index contributed by atoms with van der Waals surface area (Å²) in [5.41, 5.74) is 0. The summed E-state index contributed by atoms with van der Waals surface area (Å²) in [4.78, 5) is 10.3. The van der Waals surface area contributed by atoms with Gasteiger partial charge in [-0.1, -0.05) is 96.8 Å². The molecule has 0 aromatic carbocycles. The van der Waals surface area contributed by atoms with Gasteiger partial charge in [-0.15, -0.1) is 0 Å². The Bertz CT molecular complexity index is 211. The van der Waals surface area contributed by atoms with Gasteiger partial charge in [0.05, 0.1) is 0 Å². The molecule has 0 amide bonds. The second kappa shape index (κ2) is 23.2. The van der Waals surface area contributed by atoms with Crippen LogP contribution in [0.3, 0.4) is 0 Å². The van der Waals surface area contributed by atoms with E-state index in [2.05, 4.69) is 6.92 Å². The van der Waals surface area contributed by atoms with Crippen molar-refractivity contribution in [3.63, 3.8) is 0 Å². The standard InChI is InChI=1S/C18H36O2.Al.H2O/c1-2-3-4-5-6-7-8-9-10-11-12-13-14-15-16-17-18(19)20;;/h2-17H2,1H3,(H,19,20);;1H2. The molecule has 0 aromatic heterocycles. The fraction of sp³-hybridized carbons (Fsp3) is 0.944. The van der Waals surface area contributed by atoms with Crippen LogP contribution in [0, 0.1) is 0 Å². The van der Waals surface area contributed by atoms with Crippen molar-refractivity contribution < 1.29 is 15.4 Å². The molecule has 3 radical (unpaired) electrons. The van der Waals surface area contributed by atoms with Crippen molar-refractivity contribution in [1.29, 1.82) is 0 Å². The average Bonchev–Trinajstić information content (AvgIpc) is 2.43.